The lowest BCUT2D eigenvalue weighted by Gasteiger charge is -2.29. The first-order valence-electron chi connectivity index (χ1n) is 7.61. The van der Waals surface area contributed by atoms with Crippen molar-refractivity contribution in [3.8, 4) is 5.75 Å². The molecule has 0 N–H and O–H groups in total. The summed E-state index contributed by atoms with van der Waals surface area (Å²) in [4.78, 5) is 0. The number of benzene rings is 1. The van der Waals surface area contributed by atoms with E-state index in [1.165, 1.54) is 0 Å². The summed E-state index contributed by atoms with van der Waals surface area (Å²) >= 11 is 5.99. The highest BCUT2D eigenvalue weighted by molar-refractivity contribution is 6.31. The predicted octanol–water partition coefficient (Wildman–Crippen LogP) is 5.63. The minimum absolute atomic E-state index is 0.108. The summed E-state index contributed by atoms with van der Waals surface area (Å²) in [6.07, 6.45) is 3.30. The lowest BCUT2D eigenvalue weighted by molar-refractivity contribution is -0.0251. The van der Waals surface area contributed by atoms with E-state index >= 15 is 0 Å². The lowest BCUT2D eigenvalue weighted by atomic mass is 9.94. The van der Waals surface area contributed by atoms with E-state index in [4.69, 9.17) is 21.1 Å². The van der Waals surface area contributed by atoms with Gasteiger partial charge in [0.15, 0.2) is 0 Å². The summed E-state index contributed by atoms with van der Waals surface area (Å²) in [6.45, 7) is 10.8. The summed E-state index contributed by atoms with van der Waals surface area (Å²) < 4.78 is 25.6. The van der Waals surface area contributed by atoms with Gasteiger partial charge in [-0.05, 0) is 40.2 Å². The van der Waals surface area contributed by atoms with E-state index in [9.17, 15) is 4.39 Å². The van der Waals surface area contributed by atoms with Crippen LogP contribution in [0.5, 0.6) is 5.75 Å². The fourth-order valence-electron chi connectivity index (χ4n) is 2.27. The zero-order chi connectivity index (χ0) is 16.0. The van der Waals surface area contributed by atoms with Crippen molar-refractivity contribution < 1.29 is 13.9 Å². The summed E-state index contributed by atoms with van der Waals surface area (Å²) in [5.74, 6) is 0.116. The minimum Gasteiger partial charge on any atom is -0.493 e. The number of rotatable bonds is 8. The average molecular weight is 317 g/mol. The van der Waals surface area contributed by atoms with Gasteiger partial charge in [0.1, 0.15) is 11.6 Å². The molecular formula is C17H26ClFO2. The van der Waals surface area contributed by atoms with Crippen molar-refractivity contribution in [1.29, 1.82) is 0 Å². The molecule has 0 amide bonds. The standard InChI is InChI=1S/C17H26ClFO2/c1-6-8-9-10-21-17(4,5)13-11-14(18)15(19)12(3)16(13)20-7-2/h11H,6-10H2,1-5H3. The average Bonchev–Trinajstić information content (AvgIpc) is 2.44. The van der Waals surface area contributed by atoms with Gasteiger partial charge in [0.2, 0.25) is 0 Å². The summed E-state index contributed by atoms with van der Waals surface area (Å²) in [5, 5.41) is 0.108. The smallest absolute Gasteiger partial charge is 0.148 e. The van der Waals surface area contributed by atoms with Crippen LogP contribution in [0.2, 0.25) is 5.02 Å². The van der Waals surface area contributed by atoms with Crippen LogP contribution in [0.4, 0.5) is 4.39 Å². The molecule has 0 aromatic heterocycles. The van der Waals surface area contributed by atoms with Gasteiger partial charge < -0.3 is 9.47 Å². The van der Waals surface area contributed by atoms with Crippen LogP contribution in [0.15, 0.2) is 6.07 Å². The molecule has 21 heavy (non-hydrogen) atoms. The van der Waals surface area contributed by atoms with Gasteiger partial charge >= 0.3 is 0 Å². The first kappa shape index (κ1) is 18.2. The van der Waals surface area contributed by atoms with E-state index in [0.717, 1.165) is 24.8 Å². The van der Waals surface area contributed by atoms with Gasteiger partial charge in [-0.15, -0.1) is 0 Å². The van der Waals surface area contributed by atoms with Crippen molar-refractivity contribution in [2.75, 3.05) is 13.2 Å². The van der Waals surface area contributed by atoms with Crippen molar-refractivity contribution in [2.24, 2.45) is 0 Å². The predicted molar refractivity (Wildman–Crippen MR) is 85.8 cm³/mol. The Hall–Kier alpha value is -0.800. The monoisotopic (exact) mass is 316 g/mol. The molecule has 0 aliphatic heterocycles. The van der Waals surface area contributed by atoms with Gasteiger partial charge in [-0.3, -0.25) is 0 Å². The van der Waals surface area contributed by atoms with E-state index in [-0.39, 0.29) is 5.02 Å². The molecular weight excluding hydrogens is 291 g/mol. The van der Waals surface area contributed by atoms with Gasteiger partial charge in [0.05, 0.1) is 17.2 Å². The van der Waals surface area contributed by atoms with Crippen LogP contribution in [0.3, 0.4) is 0 Å². The van der Waals surface area contributed by atoms with Crippen LogP contribution >= 0.6 is 11.6 Å². The van der Waals surface area contributed by atoms with Crippen molar-refractivity contribution >= 4 is 11.6 Å². The second-order valence-electron chi connectivity index (χ2n) is 5.67. The zero-order valence-corrected chi connectivity index (χ0v) is 14.4. The molecule has 4 heteroatoms. The molecule has 1 aromatic rings. The largest absolute Gasteiger partial charge is 0.493 e. The second-order valence-corrected chi connectivity index (χ2v) is 6.08. The maximum absolute atomic E-state index is 14.0. The second kappa shape index (κ2) is 8.00. The molecule has 0 saturated heterocycles. The number of hydrogen-bond donors (Lipinski definition) is 0. The van der Waals surface area contributed by atoms with Crippen molar-refractivity contribution in [3.63, 3.8) is 0 Å². The van der Waals surface area contributed by atoms with Crippen molar-refractivity contribution in [3.05, 3.63) is 28.0 Å². The molecule has 0 saturated carbocycles. The summed E-state index contributed by atoms with van der Waals surface area (Å²) in [5.41, 5.74) is 0.662. The first-order chi connectivity index (χ1) is 9.85. The Morgan fingerprint density at radius 2 is 1.90 bits per heavy atom. The quantitative estimate of drug-likeness (QED) is 0.579. The minimum atomic E-state index is -0.569. The molecule has 1 rings (SSSR count). The Balaban J connectivity index is 3.08. The summed E-state index contributed by atoms with van der Waals surface area (Å²) in [7, 11) is 0. The van der Waals surface area contributed by atoms with E-state index < -0.39 is 11.4 Å². The zero-order valence-electron chi connectivity index (χ0n) is 13.7. The molecule has 0 bridgehead atoms. The molecule has 1 aromatic carbocycles. The van der Waals surface area contributed by atoms with Crippen LogP contribution in [0, 0.1) is 12.7 Å². The van der Waals surface area contributed by atoms with Crippen LogP contribution in [0.1, 0.15) is 58.1 Å². The topological polar surface area (TPSA) is 18.5 Å². The molecule has 0 aliphatic carbocycles. The van der Waals surface area contributed by atoms with Gasteiger partial charge in [-0.25, -0.2) is 4.39 Å². The molecule has 0 fully saturated rings. The molecule has 0 radical (unpaired) electrons. The van der Waals surface area contributed by atoms with Gasteiger partial charge in [-0.1, -0.05) is 31.4 Å². The van der Waals surface area contributed by atoms with Gasteiger partial charge in [-0.2, -0.15) is 0 Å². The highest BCUT2D eigenvalue weighted by Gasteiger charge is 2.28. The molecule has 0 aliphatic rings. The Bertz CT molecular complexity index is 472. The highest BCUT2D eigenvalue weighted by atomic mass is 35.5. The molecule has 0 unspecified atom stereocenters. The maximum atomic E-state index is 14.0. The van der Waals surface area contributed by atoms with Crippen LogP contribution in [-0.2, 0) is 10.3 Å². The third-order valence-electron chi connectivity index (χ3n) is 3.54. The Labute approximate surface area is 132 Å². The van der Waals surface area contributed by atoms with E-state index in [1.807, 2.05) is 20.8 Å². The normalized spacial score (nSPS) is 11.8. The Kier molecular flexibility index (Phi) is 6.95. The number of hydrogen-bond acceptors (Lipinski definition) is 2. The fourth-order valence-corrected chi connectivity index (χ4v) is 2.52. The third kappa shape index (κ3) is 4.58. The highest BCUT2D eigenvalue weighted by Crippen LogP contribution is 2.39. The van der Waals surface area contributed by atoms with Gasteiger partial charge in [0.25, 0.3) is 0 Å². The van der Waals surface area contributed by atoms with E-state index in [0.29, 0.717) is 24.5 Å². The fraction of sp³-hybridized carbons (Fsp3) is 0.647. The van der Waals surface area contributed by atoms with E-state index in [1.54, 1.807) is 13.0 Å². The Morgan fingerprint density at radius 3 is 2.48 bits per heavy atom. The van der Waals surface area contributed by atoms with Crippen LogP contribution in [0.25, 0.3) is 0 Å². The molecule has 0 heterocycles. The summed E-state index contributed by atoms with van der Waals surface area (Å²) in [6, 6.07) is 1.62. The Morgan fingerprint density at radius 1 is 1.24 bits per heavy atom. The molecule has 2 nitrogen and oxygen atoms in total. The van der Waals surface area contributed by atoms with E-state index in [2.05, 4.69) is 6.92 Å². The lowest BCUT2D eigenvalue weighted by Crippen LogP contribution is -2.24. The number of halogens is 2. The maximum Gasteiger partial charge on any atom is 0.148 e. The van der Waals surface area contributed by atoms with Crippen molar-refractivity contribution in [1.82, 2.24) is 0 Å². The van der Waals surface area contributed by atoms with Crippen LogP contribution < -0.4 is 4.74 Å². The number of ether oxygens (including phenoxy) is 2. The molecule has 120 valence electrons. The molecule has 0 atom stereocenters. The third-order valence-corrected chi connectivity index (χ3v) is 3.82. The molecule has 0 spiro atoms. The van der Waals surface area contributed by atoms with Gasteiger partial charge in [0, 0.05) is 17.7 Å². The number of unbranched alkanes of at least 4 members (excludes halogenated alkanes) is 2. The van der Waals surface area contributed by atoms with Crippen molar-refractivity contribution in [2.45, 2.75) is 59.5 Å². The SMILES string of the molecule is CCCCCOC(C)(C)c1cc(Cl)c(F)c(C)c1OCC. The first-order valence-corrected chi connectivity index (χ1v) is 7.98. The van der Waals surface area contributed by atoms with Crippen LogP contribution in [-0.4, -0.2) is 13.2 Å².